The second kappa shape index (κ2) is 8.77. The fraction of sp³-hybridized carbons (Fsp3) is 0.438. The zero-order chi connectivity index (χ0) is 20.0. The van der Waals surface area contributed by atoms with Crippen molar-refractivity contribution in [2.75, 3.05) is 5.75 Å². The first-order chi connectivity index (χ1) is 11.9. The van der Waals surface area contributed by atoms with Gasteiger partial charge in [0, 0.05) is 12.5 Å². The lowest BCUT2D eigenvalue weighted by molar-refractivity contribution is -0.138. The fourth-order valence-electron chi connectivity index (χ4n) is 2.24. The van der Waals surface area contributed by atoms with Gasteiger partial charge in [0.2, 0.25) is 5.91 Å². The maximum absolute atomic E-state index is 12.8. The SMILES string of the molecule is CC(=O)NS(=O)(C[C@](C)(N)CC(=O)O)=NC(=O)O[C@@H](C)c1ccccc1. The average molecular weight is 385 g/mol. The molecule has 9 nitrogen and oxygen atoms in total. The summed E-state index contributed by atoms with van der Waals surface area (Å²) in [5.74, 6) is -2.44. The van der Waals surface area contributed by atoms with Crippen LogP contribution >= 0.6 is 0 Å². The van der Waals surface area contributed by atoms with Crippen LogP contribution in [0.2, 0.25) is 0 Å². The highest BCUT2D eigenvalue weighted by atomic mass is 32.2. The highest BCUT2D eigenvalue weighted by molar-refractivity contribution is 7.92. The average Bonchev–Trinajstić information content (AvgIpc) is 2.43. The number of amides is 2. The molecule has 2 amide bonds. The van der Waals surface area contributed by atoms with Crippen molar-refractivity contribution in [2.24, 2.45) is 10.1 Å². The minimum Gasteiger partial charge on any atom is -0.481 e. The second-order valence-corrected chi connectivity index (χ2v) is 8.15. The molecule has 0 aromatic heterocycles. The molecule has 4 N–H and O–H groups in total. The summed E-state index contributed by atoms with van der Waals surface area (Å²) in [6, 6.07) is 8.82. The van der Waals surface area contributed by atoms with Gasteiger partial charge in [-0.1, -0.05) is 30.3 Å². The molecule has 0 spiro atoms. The van der Waals surface area contributed by atoms with E-state index in [9.17, 15) is 18.6 Å². The lowest BCUT2D eigenvalue weighted by atomic mass is 10.0. The van der Waals surface area contributed by atoms with E-state index in [2.05, 4.69) is 9.08 Å². The Labute approximate surface area is 152 Å². The molecule has 1 aromatic rings. The second-order valence-electron chi connectivity index (χ2n) is 6.20. The van der Waals surface area contributed by atoms with E-state index in [0.29, 0.717) is 5.56 Å². The largest absolute Gasteiger partial charge is 0.481 e. The Kier molecular flexibility index (Phi) is 7.28. The fourth-order valence-corrected chi connectivity index (χ4v) is 4.16. The summed E-state index contributed by atoms with van der Waals surface area (Å²) in [5.41, 5.74) is 5.07. The quantitative estimate of drug-likeness (QED) is 0.645. The molecular weight excluding hydrogens is 362 g/mol. The Morgan fingerprint density at radius 2 is 1.92 bits per heavy atom. The van der Waals surface area contributed by atoms with Crippen molar-refractivity contribution in [1.82, 2.24) is 4.72 Å². The minimum atomic E-state index is -3.66. The first-order valence-electron chi connectivity index (χ1n) is 7.72. The molecule has 0 aliphatic rings. The number of nitrogens with one attached hydrogen (secondary N) is 1. The number of hydrogen-bond donors (Lipinski definition) is 3. The number of carboxylic acids is 1. The van der Waals surface area contributed by atoms with Crippen molar-refractivity contribution in [1.29, 1.82) is 0 Å². The number of carbonyl (C=O) groups excluding carboxylic acids is 2. The Hall–Kier alpha value is -2.46. The Balaban J connectivity index is 3.02. The van der Waals surface area contributed by atoms with Gasteiger partial charge in [0.25, 0.3) is 0 Å². The summed E-state index contributed by atoms with van der Waals surface area (Å²) in [6.45, 7) is 4.05. The van der Waals surface area contributed by atoms with Crippen molar-refractivity contribution in [3.05, 3.63) is 35.9 Å². The van der Waals surface area contributed by atoms with Gasteiger partial charge in [-0.3, -0.25) is 14.3 Å². The summed E-state index contributed by atoms with van der Waals surface area (Å²) < 4.78 is 23.5. The zero-order valence-electron chi connectivity index (χ0n) is 14.8. The third-order valence-electron chi connectivity index (χ3n) is 3.15. The van der Waals surface area contributed by atoms with Gasteiger partial charge in [0.05, 0.1) is 12.2 Å². The summed E-state index contributed by atoms with van der Waals surface area (Å²) in [7, 11) is -3.66. The molecule has 1 rings (SSSR count). The van der Waals surface area contributed by atoms with Crippen LogP contribution < -0.4 is 10.5 Å². The Morgan fingerprint density at radius 1 is 1.35 bits per heavy atom. The molecular formula is C16H23N3O6S. The van der Waals surface area contributed by atoms with Gasteiger partial charge in [0.1, 0.15) is 16.0 Å². The first kappa shape index (κ1) is 21.6. The predicted octanol–water partition coefficient (Wildman–Crippen LogP) is 1.60. The van der Waals surface area contributed by atoms with Gasteiger partial charge < -0.3 is 15.6 Å². The lowest BCUT2D eigenvalue weighted by Crippen LogP contribution is -2.48. The summed E-state index contributed by atoms with van der Waals surface area (Å²) in [6.07, 6.45) is -2.32. The van der Waals surface area contributed by atoms with E-state index in [1.807, 2.05) is 0 Å². The first-order valence-corrected chi connectivity index (χ1v) is 9.40. The maximum atomic E-state index is 12.8. The van der Waals surface area contributed by atoms with E-state index in [1.54, 1.807) is 37.3 Å². The molecule has 1 unspecified atom stereocenters. The number of carboxylic acid groups (broad SMARTS) is 1. The highest BCUT2D eigenvalue weighted by Gasteiger charge is 2.30. The molecule has 0 radical (unpaired) electrons. The lowest BCUT2D eigenvalue weighted by Gasteiger charge is -2.24. The number of nitrogens with zero attached hydrogens (tertiary/aromatic N) is 1. The standard InChI is InChI=1S/C16H23N3O6S/c1-11(13-7-5-4-6-8-13)25-15(23)19-26(24,18-12(2)20)10-16(3,17)9-14(21)22/h4-8,11H,9-10,17H2,1-3H3,(H,21,22)(H,18,19,20,23,24)/t11-,16+,26?/m0/s1. The van der Waals surface area contributed by atoms with Crippen LogP contribution in [0.3, 0.4) is 0 Å². The van der Waals surface area contributed by atoms with Gasteiger partial charge in [-0.05, 0) is 19.4 Å². The van der Waals surface area contributed by atoms with Crippen LogP contribution in [0.15, 0.2) is 34.7 Å². The van der Waals surface area contributed by atoms with Crippen LogP contribution in [0, 0.1) is 0 Å². The molecule has 3 atom stereocenters. The Bertz CT molecular complexity index is 784. The van der Waals surface area contributed by atoms with Crippen LogP contribution in [-0.4, -0.2) is 38.6 Å². The van der Waals surface area contributed by atoms with Gasteiger partial charge >= 0.3 is 12.1 Å². The van der Waals surface area contributed by atoms with Crippen LogP contribution in [-0.2, 0) is 24.2 Å². The van der Waals surface area contributed by atoms with Gasteiger partial charge in [0.15, 0.2) is 0 Å². The van der Waals surface area contributed by atoms with Crippen molar-refractivity contribution in [2.45, 2.75) is 38.8 Å². The molecule has 0 saturated heterocycles. The summed E-state index contributed by atoms with van der Waals surface area (Å²) in [4.78, 5) is 34.3. The van der Waals surface area contributed by atoms with E-state index >= 15 is 0 Å². The van der Waals surface area contributed by atoms with Crippen molar-refractivity contribution < 1.29 is 28.4 Å². The third kappa shape index (κ3) is 7.62. The molecule has 26 heavy (non-hydrogen) atoms. The summed E-state index contributed by atoms with van der Waals surface area (Å²) in [5, 5.41) is 8.87. The number of aliphatic carboxylic acids is 1. The topological polar surface area (TPSA) is 148 Å². The highest BCUT2D eigenvalue weighted by Crippen LogP contribution is 2.18. The molecule has 0 aliphatic heterocycles. The number of hydrogen-bond acceptors (Lipinski definition) is 6. The maximum Gasteiger partial charge on any atom is 0.443 e. The molecule has 0 saturated carbocycles. The van der Waals surface area contributed by atoms with E-state index in [1.165, 1.54) is 6.92 Å². The van der Waals surface area contributed by atoms with Crippen molar-refractivity contribution in [3.8, 4) is 0 Å². The minimum absolute atomic E-state index is 0.519. The van der Waals surface area contributed by atoms with Gasteiger partial charge in [-0.25, -0.2) is 9.00 Å². The zero-order valence-corrected chi connectivity index (χ0v) is 15.6. The number of nitrogens with two attached hydrogens (primary N) is 1. The van der Waals surface area contributed by atoms with Gasteiger partial charge in [-0.2, -0.15) is 0 Å². The van der Waals surface area contributed by atoms with E-state index in [-0.39, 0.29) is 0 Å². The van der Waals surface area contributed by atoms with Crippen LogP contribution in [0.4, 0.5) is 4.79 Å². The van der Waals surface area contributed by atoms with Crippen LogP contribution in [0.1, 0.15) is 38.9 Å². The van der Waals surface area contributed by atoms with Gasteiger partial charge in [-0.15, -0.1) is 4.36 Å². The molecule has 0 fully saturated rings. The summed E-state index contributed by atoms with van der Waals surface area (Å²) >= 11 is 0. The van der Waals surface area contributed by atoms with Crippen molar-refractivity contribution >= 4 is 27.9 Å². The number of benzene rings is 1. The molecule has 1 aromatic carbocycles. The van der Waals surface area contributed by atoms with Crippen LogP contribution in [0.25, 0.3) is 0 Å². The van der Waals surface area contributed by atoms with E-state index < -0.39 is 51.7 Å². The monoisotopic (exact) mass is 385 g/mol. The molecule has 0 aliphatic carbocycles. The normalized spacial score (nSPS) is 16.5. The van der Waals surface area contributed by atoms with E-state index in [0.717, 1.165) is 6.92 Å². The van der Waals surface area contributed by atoms with E-state index in [4.69, 9.17) is 15.6 Å². The smallest absolute Gasteiger partial charge is 0.443 e. The number of rotatable bonds is 7. The number of ether oxygens (including phenoxy) is 1. The molecule has 0 heterocycles. The molecule has 144 valence electrons. The predicted molar refractivity (Wildman–Crippen MR) is 95.4 cm³/mol. The van der Waals surface area contributed by atoms with Crippen molar-refractivity contribution in [3.63, 3.8) is 0 Å². The molecule has 10 heteroatoms. The number of carbonyl (C=O) groups is 3. The molecule has 0 bridgehead atoms. The Morgan fingerprint density at radius 3 is 2.42 bits per heavy atom. The van der Waals surface area contributed by atoms with Crippen LogP contribution in [0.5, 0.6) is 0 Å². The third-order valence-corrected chi connectivity index (χ3v) is 5.25.